The first-order chi connectivity index (χ1) is 9.97. The molecule has 1 aromatic rings. The molecule has 0 spiro atoms. The largest absolute Gasteiger partial charge is 0.354 e. The highest BCUT2D eigenvalue weighted by molar-refractivity contribution is 7.98. The lowest BCUT2D eigenvalue weighted by molar-refractivity contribution is -0.123. The van der Waals surface area contributed by atoms with Gasteiger partial charge in [-0.15, -0.1) is 0 Å². The molecule has 2 N–H and O–H groups in total. The summed E-state index contributed by atoms with van der Waals surface area (Å²) in [6.07, 6.45) is 1.91. The highest BCUT2D eigenvalue weighted by Gasteiger charge is 2.16. The second kappa shape index (κ2) is 8.61. The third-order valence-electron chi connectivity index (χ3n) is 2.76. The standard InChI is InChI=1S/C14H18F2N2O2S/c1-9(8-21-2)13(19)17-6-7-18-14(20)12-10(15)4-3-5-11(12)16/h3-5,9H,6-8H2,1-2H3,(H,17,19)(H,18,20)/t9-/m1/s1. The van der Waals surface area contributed by atoms with Crippen molar-refractivity contribution < 1.29 is 18.4 Å². The SMILES string of the molecule is CSC[C@@H](C)C(=O)NCCNC(=O)c1c(F)cccc1F. The summed E-state index contributed by atoms with van der Waals surface area (Å²) in [6, 6.07) is 3.22. The van der Waals surface area contributed by atoms with Crippen LogP contribution in [0.25, 0.3) is 0 Å². The molecule has 0 radical (unpaired) electrons. The lowest BCUT2D eigenvalue weighted by atomic mass is 10.2. The smallest absolute Gasteiger partial charge is 0.257 e. The van der Waals surface area contributed by atoms with Gasteiger partial charge in [0.25, 0.3) is 5.91 Å². The van der Waals surface area contributed by atoms with Crippen LogP contribution in [0, 0.1) is 17.6 Å². The predicted molar refractivity (Wildman–Crippen MR) is 79.2 cm³/mol. The van der Waals surface area contributed by atoms with Crippen LogP contribution in [-0.4, -0.2) is 36.9 Å². The minimum absolute atomic E-state index is 0.102. The molecule has 2 amide bonds. The first-order valence-corrected chi connectivity index (χ1v) is 7.85. The van der Waals surface area contributed by atoms with Crippen molar-refractivity contribution in [2.24, 2.45) is 5.92 Å². The van der Waals surface area contributed by atoms with Crippen LogP contribution >= 0.6 is 11.8 Å². The van der Waals surface area contributed by atoms with Crippen LogP contribution < -0.4 is 10.6 Å². The minimum atomic E-state index is -0.912. The molecule has 7 heteroatoms. The van der Waals surface area contributed by atoms with E-state index in [1.54, 1.807) is 18.7 Å². The maximum Gasteiger partial charge on any atom is 0.257 e. The normalized spacial score (nSPS) is 11.8. The van der Waals surface area contributed by atoms with Gasteiger partial charge in [-0.1, -0.05) is 13.0 Å². The number of benzene rings is 1. The second-order valence-electron chi connectivity index (χ2n) is 4.50. The van der Waals surface area contributed by atoms with E-state index in [-0.39, 0.29) is 24.9 Å². The fourth-order valence-electron chi connectivity index (χ4n) is 1.66. The van der Waals surface area contributed by atoms with Gasteiger partial charge in [-0.25, -0.2) is 8.78 Å². The molecule has 0 aliphatic heterocycles. The zero-order chi connectivity index (χ0) is 15.8. The third kappa shape index (κ3) is 5.34. The van der Waals surface area contributed by atoms with Crippen molar-refractivity contribution >= 4 is 23.6 Å². The second-order valence-corrected chi connectivity index (χ2v) is 5.41. The van der Waals surface area contributed by atoms with Crippen LogP contribution in [-0.2, 0) is 4.79 Å². The van der Waals surface area contributed by atoms with Gasteiger partial charge in [-0.05, 0) is 18.4 Å². The van der Waals surface area contributed by atoms with Crippen molar-refractivity contribution in [1.29, 1.82) is 0 Å². The summed E-state index contributed by atoms with van der Waals surface area (Å²) in [5.74, 6) is -2.19. The Morgan fingerprint density at radius 1 is 1.19 bits per heavy atom. The summed E-state index contributed by atoms with van der Waals surface area (Å²) >= 11 is 1.57. The van der Waals surface area contributed by atoms with Crippen molar-refractivity contribution in [3.63, 3.8) is 0 Å². The zero-order valence-corrected chi connectivity index (χ0v) is 12.7. The van der Waals surface area contributed by atoms with Gasteiger partial charge in [0.1, 0.15) is 17.2 Å². The van der Waals surface area contributed by atoms with Crippen molar-refractivity contribution in [3.05, 3.63) is 35.4 Å². The van der Waals surface area contributed by atoms with Gasteiger partial charge in [-0.3, -0.25) is 9.59 Å². The molecular formula is C14H18F2N2O2S. The molecule has 0 aromatic heterocycles. The Morgan fingerprint density at radius 3 is 2.33 bits per heavy atom. The van der Waals surface area contributed by atoms with Crippen LogP contribution in [0.15, 0.2) is 18.2 Å². The molecule has 1 rings (SSSR count). The van der Waals surface area contributed by atoms with Gasteiger partial charge in [-0.2, -0.15) is 11.8 Å². The van der Waals surface area contributed by atoms with E-state index in [1.165, 1.54) is 6.07 Å². The van der Waals surface area contributed by atoms with Gasteiger partial charge < -0.3 is 10.6 Å². The Kier molecular flexibility index (Phi) is 7.14. The van der Waals surface area contributed by atoms with Crippen LogP contribution in [0.1, 0.15) is 17.3 Å². The number of thioether (sulfide) groups is 1. The fraction of sp³-hybridized carbons (Fsp3) is 0.429. The lowest BCUT2D eigenvalue weighted by Crippen LogP contribution is -2.37. The van der Waals surface area contributed by atoms with E-state index in [2.05, 4.69) is 10.6 Å². The van der Waals surface area contributed by atoms with Crippen LogP contribution in [0.5, 0.6) is 0 Å². The summed E-state index contributed by atoms with van der Waals surface area (Å²) in [5, 5.41) is 5.02. The Hall–Kier alpha value is -1.63. The molecule has 0 aliphatic rings. The van der Waals surface area contributed by atoms with Gasteiger partial charge in [0.15, 0.2) is 0 Å². The molecule has 0 unspecified atom stereocenters. The quantitative estimate of drug-likeness (QED) is 0.754. The summed E-state index contributed by atoms with van der Waals surface area (Å²) in [7, 11) is 0. The highest BCUT2D eigenvalue weighted by Crippen LogP contribution is 2.11. The zero-order valence-electron chi connectivity index (χ0n) is 11.9. The monoisotopic (exact) mass is 316 g/mol. The third-order valence-corrected chi connectivity index (χ3v) is 3.60. The first-order valence-electron chi connectivity index (χ1n) is 6.46. The Balaban J connectivity index is 2.39. The molecule has 0 heterocycles. The van der Waals surface area contributed by atoms with Gasteiger partial charge >= 0.3 is 0 Å². The number of hydrogen-bond acceptors (Lipinski definition) is 3. The van der Waals surface area contributed by atoms with Crippen molar-refractivity contribution in [3.8, 4) is 0 Å². The van der Waals surface area contributed by atoms with E-state index in [1.807, 2.05) is 6.26 Å². The van der Waals surface area contributed by atoms with Gasteiger partial charge in [0.05, 0.1) is 0 Å². The number of halogens is 2. The number of nitrogens with one attached hydrogen (secondary N) is 2. The molecular weight excluding hydrogens is 298 g/mol. The molecule has 4 nitrogen and oxygen atoms in total. The molecule has 116 valence electrons. The van der Waals surface area contributed by atoms with Gasteiger partial charge in [0, 0.05) is 24.8 Å². The molecule has 21 heavy (non-hydrogen) atoms. The van der Waals surface area contributed by atoms with E-state index < -0.39 is 23.1 Å². The summed E-state index contributed by atoms with van der Waals surface area (Å²) in [4.78, 5) is 23.3. The molecule has 0 saturated carbocycles. The molecule has 0 saturated heterocycles. The average molecular weight is 316 g/mol. The van der Waals surface area contributed by atoms with Gasteiger partial charge in [0.2, 0.25) is 5.91 Å². The fourth-order valence-corrected chi connectivity index (χ4v) is 2.32. The number of carbonyl (C=O) groups excluding carboxylic acids is 2. The van der Waals surface area contributed by atoms with Crippen molar-refractivity contribution in [2.75, 3.05) is 25.1 Å². The van der Waals surface area contributed by atoms with E-state index in [9.17, 15) is 18.4 Å². The predicted octanol–water partition coefficient (Wildman–Crippen LogP) is 1.81. The highest BCUT2D eigenvalue weighted by atomic mass is 32.2. The lowest BCUT2D eigenvalue weighted by Gasteiger charge is -2.11. The minimum Gasteiger partial charge on any atom is -0.354 e. The number of carbonyl (C=O) groups is 2. The van der Waals surface area contributed by atoms with E-state index in [0.29, 0.717) is 5.75 Å². The van der Waals surface area contributed by atoms with E-state index in [4.69, 9.17) is 0 Å². The van der Waals surface area contributed by atoms with E-state index >= 15 is 0 Å². The Morgan fingerprint density at radius 2 is 1.76 bits per heavy atom. The maximum atomic E-state index is 13.4. The molecule has 0 bridgehead atoms. The molecule has 0 fully saturated rings. The van der Waals surface area contributed by atoms with Crippen molar-refractivity contribution in [1.82, 2.24) is 10.6 Å². The first kappa shape index (κ1) is 17.4. The van der Waals surface area contributed by atoms with Crippen LogP contribution in [0.3, 0.4) is 0 Å². The van der Waals surface area contributed by atoms with Crippen molar-refractivity contribution in [2.45, 2.75) is 6.92 Å². The molecule has 1 aromatic carbocycles. The number of hydrogen-bond donors (Lipinski definition) is 2. The number of amides is 2. The van der Waals surface area contributed by atoms with E-state index in [0.717, 1.165) is 12.1 Å². The Labute approximate surface area is 126 Å². The van der Waals surface area contributed by atoms with Crippen LogP contribution in [0.4, 0.5) is 8.78 Å². The topological polar surface area (TPSA) is 58.2 Å². The summed E-state index contributed by atoms with van der Waals surface area (Å²) < 4.78 is 26.7. The molecule has 0 aliphatic carbocycles. The maximum absolute atomic E-state index is 13.4. The average Bonchev–Trinajstić information content (AvgIpc) is 2.43. The molecule has 1 atom stereocenters. The Bertz CT molecular complexity index is 491. The summed E-state index contributed by atoms with van der Waals surface area (Å²) in [5.41, 5.74) is -0.612. The summed E-state index contributed by atoms with van der Waals surface area (Å²) in [6.45, 7) is 2.11. The van der Waals surface area contributed by atoms with Crippen LogP contribution in [0.2, 0.25) is 0 Å². The number of rotatable bonds is 7.